The number of carbonyl (C=O) groups is 1. The molecule has 0 saturated carbocycles. The van der Waals surface area contributed by atoms with E-state index in [0.29, 0.717) is 18.2 Å². The van der Waals surface area contributed by atoms with Gasteiger partial charge in [0.25, 0.3) is 5.91 Å². The molecule has 6 heteroatoms. The molecule has 1 unspecified atom stereocenters. The maximum atomic E-state index is 11.3. The zero-order valence-electron chi connectivity index (χ0n) is 11.2. The SMILES string of the molecule is CN(Cc1cc(C(=O)NN)co1)CC1CCCCO1. The fourth-order valence-electron chi connectivity index (χ4n) is 2.30. The average molecular weight is 267 g/mol. The molecule has 2 heterocycles. The molecule has 6 nitrogen and oxygen atoms in total. The summed E-state index contributed by atoms with van der Waals surface area (Å²) in [6.07, 6.45) is 5.24. The Morgan fingerprint density at radius 2 is 2.42 bits per heavy atom. The number of carbonyl (C=O) groups excluding carboxylic acids is 1. The lowest BCUT2D eigenvalue weighted by Gasteiger charge is -2.26. The summed E-state index contributed by atoms with van der Waals surface area (Å²) in [4.78, 5) is 13.4. The maximum absolute atomic E-state index is 11.3. The van der Waals surface area contributed by atoms with Crippen molar-refractivity contribution in [3.8, 4) is 0 Å². The van der Waals surface area contributed by atoms with Crippen molar-refractivity contribution in [3.05, 3.63) is 23.7 Å². The molecular formula is C13H21N3O3. The van der Waals surface area contributed by atoms with Crippen LogP contribution >= 0.6 is 0 Å². The Labute approximate surface area is 112 Å². The molecule has 3 N–H and O–H groups in total. The molecule has 1 aromatic heterocycles. The van der Waals surface area contributed by atoms with E-state index < -0.39 is 0 Å². The van der Waals surface area contributed by atoms with Crippen molar-refractivity contribution in [3.63, 3.8) is 0 Å². The van der Waals surface area contributed by atoms with Gasteiger partial charge in [-0.1, -0.05) is 0 Å². The zero-order chi connectivity index (χ0) is 13.7. The molecule has 2 rings (SSSR count). The largest absolute Gasteiger partial charge is 0.467 e. The molecule has 19 heavy (non-hydrogen) atoms. The molecule has 1 atom stereocenters. The minimum atomic E-state index is -0.340. The third-order valence-corrected chi connectivity index (χ3v) is 3.26. The Hall–Kier alpha value is -1.37. The van der Waals surface area contributed by atoms with Gasteiger partial charge in [-0.25, -0.2) is 5.84 Å². The highest BCUT2D eigenvalue weighted by atomic mass is 16.5. The first-order valence-electron chi connectivity index (χ1n) is 6.57. The quantitative estimate of drug-likeness (QED) is 0.470. The molecule has 0 aromatic carbocycles. The van der Waals surface area contributed by atoms with Crippen LogP contribution in [0.25, 0.3) is 0 Å². The van der Waals surface area contributed by atoms with Crippen LogP contribution in [0.5, 0.6) is 0 Å². The van der Waals surface area contributed by atoms with Gasteiger partial charge in [0, 0.05) is 13.2 Å². The molecule has 1 saturated heterocycles. The van der Waals surface area contributed by atoms with Crippen LogP contribution in [0.1, 0.15) is 35.4 Å². The lowest BCUT2D eigenvalue weighted by molar-refractivity contribution is -0.00338. The van der Waals surface area contributed by atoms with Crippen LogP contribution in [0.2, 0.25) is 0 Å². The zero-order valence-corrected chi connectivity index (χ0v) is 11.2. The van der Waals surface area contributed by atoms with Crippen molar-refractivity contribution in [2.75, 3.05) is 20.2 Å². The number of hydrogen-bond donors (Lipinski definition) is 2. The van der Waals surface area contributed by atoms with Crippen LogP contribution in [0.15, 0.2) is 16.7 Å². The number of rotatable bonds is 5. The van der Waals surface area contributed by atoms with Gasteiger partial charge in [0.2, 0.25) is 0 Å². The Bertz CT molecular complexity index is 413. The second kappa shape index (κ2) is 6.70. The molecule has 1 amide bonds. The molecule has 106 valence electrons. The summed E-state index contributed by atoms with van der Waals surface area (Å²) >= 11 is 0. The number of hydrazine groups is 1. The predicted molar refractivity (Wildman–Crippen MR) is 70.3 cm³/mol. The normalized spacial score (nSPS) is 19.6. The number of nitrogens with zero attached hydrogens (tertiary/aromatic N) is 1. The summed E-state index contributed by atoms with van der Waals surface area (Å²) in [6.45, 7) is 2.39. The van der Waals surface area contributed by atoms with Gasteiger partial charge >= 0.3 is 0 Å². The number of ether oxygens (including phenoxy) is 1. The maximum Gasteiger partial charge on any atom is 0.268 e. The van der Waals surface area contributed by atoms with Crippen molar-refractivity contribution >= 4 is 5.91 Å². The van der Waals surface area contributed by atoms with E-state index in [1.807, 2.05) is 7.05 Å². The van der Waals surface area contributed by atoms with Crippen molar-refractivity contribution in [2.45, 2.75) is 31.9 Å². The topological polar surface area (TPSA) is 80.7 Å². The van der Waals surface area contributed by atoms with E-state index in [4.69, 9.17) is 15.0 Å². The molecule has 0 radical (unpaired) electrons. The first-order chi connectivity index (χ1) is 9.19. The second-order valence-electron chi connectivity index (χ2n) is 4.96. The number of amides is 1. The minimum absolute atomic E-state index is 0.306. The molecule has 0 spiro atoms. The molecule has 0 aliphatic carbocycles. The fraction of sp³-hybridized carbons (Fsp3) is 0.615. The fourth-order valence-corrected chi connectivity index (χ4v) is 2.30. The summed E-state index contributed by atoms with van der Waals surface area (Å²) in [5.74, 6) is 5.48. The van der Waals surface area contributed by atoms with Crippen molar-refractivity contribution in [1.29, 1.82) is 0 Å². The van der Waals surface area contributed by atoms with Crippen molar-refractivity contribution in [1.82, 2.24) is 10.3 Å². The number of nitrogen functional groups attached to an aromatic ring is 1. The first kappa shape index (κ1) is 14.0. The van der Waals surface area contributed by atoms with E-state index in [1.165, 1.54) is 12.7 Å². The van der Waals surface area contributed by atoms with Crippen LogP contribution in [-0.2, 0) is 11.3 Å². The van der Waals surface area contributed by atoms with Crippen LogP contribution in [0.3, 0.4) is 0 Å². The third kappa shape index (κ3) is 4.05. The Morgan fingerprint density at radius 1 is 1.58 bits per heavy atom. The van der Waals surface area contributed by atoms with Gasteiger partial charge in [0.05, 0.1) is 18.2 Å². The minimum Gasteiger partial charge on any atom is -0.467 e. The standard InChI is InChI=1S/C13H21N3O3/c1-16(7-11-4-2-3-5-18-11)8-12-6-10(9-19-12)13(17)15-14/h6,9,11H,2-5,7-8,14H2,1H3,(H,15,17). The van der Waals surface area contributed by atoms with E-state index >= 15 is 0 Å². The number of nitrogens with two attached hydrogens (primary N) is 1. The van der Waals surface area contributed by atoms with Gasteiger partial charge in [-0.15, -0.1) is 0 Å². The van der Waals surface area contributed by atoms with Gasteiger partial charge in [-0.05, 0) is 32.4 Å². The monoisotopic (exact) mass is 267 g/mol. The van der Waals surface area contributed by atoms with Gasteiger partial charge < -0.3 is 9.15 Å². The van der Waals surface area contributed by atoms with Crippen LogP contribution < -0.4 is 11.3 Å². The van der Waals surface area contributed by atoms with Gasteiger partial charge in [0.1, 0.15) is 12.0 Å². The summed E-state index contributed by atoms with van der Waals surface area (Å²) in [5, 5.41) is 0. The lowest BCUT2D eigenvalue weighted by atomic mass is 10.1. The van der Waals surface area contributed by atoms with E-state index in [0.717, 1.165) is 31.8 Å². The van der Waals surface area contributed by atoms with E-state index in [-0.39, 0.29) is 5.91 Å². The third-order valence-electron chi connectivity index (χ3n) is 3.26. The molecule has 1 aromatic rings. The average Bonchev–Trinajstić information content (AvgIpc) is 2.87. The van der Waals surface area contributed by atoms with E-state index in [1.54, 1.807) is 6.07 Å². The number of nitrogens with one attached hydrogen (secondary N) is 1. The highest BCUT2D eigenvalue weighted by Gasteiger charge is 2.17. The van der Waals surface area contributed by atoms with Crippen molar-refractivity contribution in [2.24, 2.45) is 5.84 Å². The van der Waals surface area contributed by atoms with Gasteiger partial charge in [-0.3, -0.25) is 15.1 Å². The molecule has 0 bridgehead atoms. The molecule has 1 aliphatic heterocycles. The Kier molecular flexibility index (Phi) is 4.95. The highest BCUT2D eigenvalue weighted by molar-refractivity contribution is 5.93. The first-order valence-corrected chi connectivity index (χ1v) is 6.57. The summed E-state index contributed by atoms with van der Waals surface area (Å²) < 4.78 is 11.0. The van der Waals surface area contributed by atoms with Crippen LogP contribution in [0.4, 0.5) is 0 Å². The smallest absolute Gasteiger partial charge is 0.268 e. The van der Waals surface area contributed by atoms with Gasteiger partial charge in [-0.2, -0.15) is 0 Å². The second-order valence-corrected chi connectivity index (χ2v) is 4.96. The Balaban J connectivity index is 1.82. The summed E-state index contributed by atoms with van der Waals surface area (Å²) in [6, 6.07) is 1.71. The van der Waals surface area contributed by atoms with Crippen LogP contribution in [-0.4, -0.2) is 37.1 Å². The van der Waals surface area contributed by atoms with Gasteiger partial charge in [0.15, 0.2) is 0 Å². The summed E-state index contributed by atoms with van der Waals surface area (Å²) in [5.41, 5.74) is 2.53. The highest BCUT2D eigenvalue weighted by Crippen LogP contribution is 2.15. The predicted octanol–water partition coefficient (Wildman–Crippen LogP) is 0.884. The molecule has 1 fully saturated rings. The molecular weight excluding hydrogens is 246 g/mol. The van der Waals surface area contributed by atoms with E-state index in [2.05, 4.69) is 10.3 Å². The summed E-state index contributed by atoms with van der Waals surface area (Å²) in [7, 11) is 2.02. The van der Waals surface area contributed by atoms with E-state index in [9.17, 15) is 4.79 Å². The van der Waals surface area contributed by atoms with Crippen molar-refractivity contribution < 1.29 is 13.9 Å². The molecule has 1 aliphatic rings. The number of furan rings is 1. The number of likely N-dealkylation sites (N-methyl/N-ethyl adjacent to an activating group) is 1. The Morgan fingerprint density at radius 3 is 3.11 bits per heavy atom. The number of hydrogen-bond acceptors (Lipinski definition) is 5. The lowest BCUT2D eigenvalue weighted by Crippen LogP contribution is -2.33. The van der Waals surface area contributed by atoms with Crippen LogP contribution in [0, 0.1) is 0 Å².